The largest absolute Gasteiger partial charge is 0.492 e. The zero-order chi connectivity index (χ0) is 22.2. The van der Waals surface area contributed by atoms with Crippen LogP contribution in [0.25, 0.3) is 10.8 Å². The minimum absolute atomic E-state index is 0.0286. The molecule has 0 radical (unpaired) electrons. The lowest BCUT2D eigenvalue weighted by atomic mass is 10.0. The molecule has 0 atom stereocenters. The Bertz CT molecular complexity index is 1110. The first-order chi connectivity index (χ1) is 15.0. The van der Waals surface area contributed by atoms with Crippen molar-refractivity contribution in [3.05, 3.63) is 66.2 Å². The Balaban J connectivity index is 1.75. The van der Waals surface area contributed by atoms with Crippen LogP contribution in [-0.2, 0) is 9.59 Å². The van der Waals surface area contributed by atoms with E-state index in [1.54, 1.807) is 24.3 Å². The van der Waals surface area contributed by atoms with Crippen molar-refractivity contribution < 1.29 is 19.1 Å². The second-order valence-corrected chi connectivity index (χ2v) is 6.95. The van der Waals surface area contributed by atoms with Gasteiger partial charge in [0.2, 0.25) is 0 Å². The van der Waals surface area contributed by atoms with Gasteiger partial charge >= 0.3 is 11.8 Å². The fourth-order valence-corrected chi connectivity index (χ4v) is 3.00. The minimum atomic E-state index is -0.894. The molecule has 2 amide bonds. The smallest absolute Gasteiger partial charge is 0.329 e. The van der Waals surface area contributed by atoms with Crippen molar-refractivity contribution in [2.75, 3.05) is 11.9 Å². The van der Waals surface area contributed by atoms with Crippen LogP contribution in [0, 0.1) is 0 Å². The van der Waals surface area contributed by atoms with E-state index in [2.05, 4.69) is 15.8 Å². The third-order valence-corrected chi connectivity index (χ3v) is 4.29. The summed E-state index contributed by atoms with van der Waals surface area (Å²) >= 11 is 0. The van der Waals surface area contributed by atoms with Crippen LogP contribution >= 0.6 is 0 Å². The fraction of sp³-hybridized carbons (Fsp3) is 0.208. The van der Waals surface area contributed by atoms with Gasteiger partial charge in [0.05, 0.1) is 24.6 Å². The van der Waals surface area contributed by atoms with Crippen molar-refractivity contribution in [1.29, 1.82) is 0 Å². The average Bonchev–Trinajstić information content (AvgIpc) is 2.76. The number of anilines is 1. The highest BCUT2D eigenvalue weighted by Gasteiger charge is 2.15. The maximum absolute atomic E-state index is 12.3. The molecule has 31 heavy (non-hydrogen) atoms. The summed E-state index contributed by atoms with van der Waals surface area (Å²) in [6.45, 7) is 6.14. The Morgan fingerprint density at radius 2 is 1.71 bits per heavy atom. The number of hydrogen-bond acceptors (Lipinski definition) is 5. The van der Waals surface area contributed by atoms with E-state index in [0.717, 1.165) is 10.8 Å². The van der Waals surface area contributed by atoms with Crippen molar-refractivity contribution in [1.82, 2.24) is 5.43 Å². The number of para-hydroxylation sites is 2. The molecular formula is C24H25N3O4. The summed E-state index contributed by atoms with van der Waals surface area (Å²) in [4.78, 5) is 24.5. The molecule has 0 aliphatic rings. The number of hydrazone groups is 1. The van der Waals surface area contributed by atoms with Crippen LogP contribution in [0.15, 0.2) is 65.8 Å². The summed E-state index contributed by atoms with van der Waals surface area (Å²) in [6, 6.07) is 18.5. The number of hydrogen-bond donors (Lipinski definition) is 2. The normalized spacial score (nSPS) is 11.0. The number of carbonyl (C=O) groups is 2. The van der Waals surface area contributed by atoms with E-state index in [9.17, 15) is 9.59 Å². The number of benzene rings is 3. The monoisotopic (exact) mass is 419 g/mol. The average molecular weight is 419 g/mol. The van der Waals surface area contributed by atoms with Gasteiger partial charge in [-0.25, -0.2) is 5.43 Å². The first-order valence-corrected chi connectivity index (χ1v) is 10.0. The zero-order valence-electron chi connectivity index (χ0n) is 17.7. The molecule has 0 unspecified atom stereocenters. The molecule has 3 aromatic carbocycles. The van der Waals surface area contributed by atoms with Crippen LogP contribution in [0.3, 0.4) is 0 Å². The SMILES string of the molecule is CCOc1ccccc1NC(=O)C(=O)N/N=C\c1c(OC(C)C)ccc2ccccc12. The number of ether oxygens (including phenoxy) is 2. The predicted octanol–water partition coefficient (Wildman–Crippen LogP) is 4.11. The first-order valence-electron chi connectivity index (χ1n) is 10.0. The van der Waals surface area contributed by atoms with E-state index in [0.29, 0.717) is 29.4 Å². The van der Waals surface area contributed by atoms with Gasteiger partial charge in [-0.2, -0.15) is 5.10 Å². The fourth-order valence-electron chi connectivity index (χ4n) is 3.00. The van der Waals surface area contributed by atoms with Gasteiger partial charge in [0.25, 0.3) is 0 Å². The molecule has 3 rings (SSSR count). The molecule has 0 bridgehead atoms. The maximum atomic E-state index is 12.3. The summed E-state index contributed by atoms with van der Waals surface area (Å²) < 4.78 is 11.3. The second kappa shape index (κ2) is 10.2. The molecule has 3 aromatic rings. The molecule has 160 valence electrons. The molecular weight excluding hydrogens is 394 g/mol. The molecule has 7 nitrogen and oxygen atoms in total. The van der Waals surface area contributed by atoms with Gasteiger partial charge in [-0.3, -0.25) is 9.59 Å². The molecule has 0 saturated heterocycles. The van der Waals surface area contributed by atoms with Crippen molar-refractivity contribution in [3.8, 4) is 11.5 Å². The van der Waals surface area contributed by atoms with Gasteiger partial charge in [-0.1, -0.05) is 42.5 Å². The number of nitrogens with one attached hydrogen (secondary N) is 2. The van der Waals surface area contributed by atoms with Crippen molar-refractivity contribution in [2.45, 2.75) is 26.9 Å². The van der Waals surface area contributed by atoms with E-state index in [1.165, 1.54) is 6.21 Å². The van der Waals surface area contributed by atoms with Gasteiger partial charge in [0.1, 0.15) is 11.5 Å². The summed E-state index contributed by atoms with van der Waals surface area (Å²) in [5.41, 5.74) is 3.40. The lowest BCUT2D eigenvalue weighted by molar-refractivity contribution is -0.136. The number of rotatable bonds is 7. The number of fused-ring (bicyclic) bond motifs is 1. The first kappa shape index (κ1) is 21.8. The van der Waals surface area contributed by atoms with E-state index in [1.807, 2.05) is 57.2 Å². The molecule has 0 saturated carbocycles. The third-order valence-electron chi connectivity index (χ3n) is 4.29. The number of nitrogens with zero attached hydrogens (tertiary/aromatic N) is 1. The second-order valence-electron chi connectivity index (χ2n) is 6.95. The highest BCUT2D eigenvalue weighted by molar-refractivity contribution is 6.39. The van der Waals surface area contributed by atoms with Gasteiger partial charge in [0, 0.05) is 5.56 Å². The Morgan fingerprint density at radius 3 is 2.48 bits per heavy atom. The van der Waals surface area contributed by atoms with E-state index in [-0.39, 0.29) is 6.10 Å². The molecule has 0 fully saturated rings. The highest BCUT2D eigenvalue weighted by atomic mass is 16.5. The van der Waals surface area contributed by atoms with Gasteiger partial charge in [-0.15, -0.1) is 0 Å². The van der Waals surface area contributed by atoms with Gasteiger partial charge < -0.3 is 14.8 Å². The Labute approximate surface area is 181 Å². The van der Waals surface area contributed by atoms with Crippen LogP contribution in [-0.4, -0.2) is 30.7 Å². The molecule has 2 N–H and O–H groups in total. The van der Waals surface area contributed by atoms with Gasteiger partial charge in [0.15, 0.2) is 0 Å². The number of carbonyl (C=O) groups excluding carboxylic acids is 2. The lowest BCUT2D eigenvalue weighted by Crippen LogP contribution is -2.32. The minimum Gasteiger partial charge on any atom is -0.492 e. The summed E-state index contributed by atoms with van der Waals surface area (Å²) in [5, 5.41) is 8.46. The summed E-state index contributed by atoms with van der Waals surface area (Å²) in [6.07, 6.45) is 1.46. The molecule has 0 aromatic heterocycles. The molecule has 7 heteroatoms. The Morgan fingerprint density at radius 1 is 0.968 bits per heavy atom. The quantitative estimate of drug-likeness (QED) is 0.343. The molecule has 0 heterocycles. The van der Waals surface area contributed by atoms with E-state index < -0.39 is 11.8 Å². The van der Waals surface area contributed by atoms with E-state index in [4.69, 9.17) is 9.47 Å². The standard InChI is InChI=1S/C24H25N3O4/c1-4-30-22-12-8-7-11-20(22)26-23(28)24(29)27-25-15-19-18-10-6-5-9-17(18)13-14-21(19)31-16(2)3/h5-16H,4H2,1-3H3,(H,26,28)(H,27,29)/b25-15-. The van der Waals surface area contributed by atoms with Gasteiger partial charge in [-0.05, 0) is 49.7 Å². The van der Waals surface area contributed by atoms with Crippen molar-refractivity contribution in [2.24, 2.45) is 5.10 Å². The van der Waals surface area contributed by atoms with Crippen molar-refractivity contribution >= 4 is 34.5 Å². The van der Waals surface area contributed by atoms with Crippen LogP contribution < -0.4 is 20.2 Å². The third kappa shape index (κ3) is 5.60. The maximum Gasteiger partial charge on any atom is 0.329 e. The Kier molecular flexibility index (Phi) is 7.22. The van der Waals surface area contributed by atoms with Crippen molar-refractivity contribution in [3.63, 3.8) is 0 Å². The topological polar surface area (TPSA) is 89.0 Å². The van der Waals surface area contributed by atoms with Crippen LogP contribution in [0.4, 0.5) is 5.69 Å². The zero-order valence-corrected chi connectivity index (χ0v) is 17.7. The van der Waals surface area contributed by atoms with Crippen LogP contribution in [0.5, 0.6) is 11.5 Å². The van der Waals surface area contributed by atoms with Crippen LogP contribution in [0.2, 0.25) is 0 Å². The number of amides is 2. The summed E-state index contributed by atoms with van der Waals surface area (Å²) in [7, 11) is 0. The molecule has 0 aliphatic heterocycles. The van der Waals surface area contributed by atoms with Crippen LogP contribution in [0.1, 0.15) is 26.3 Å². The summed E-state index contributed by atoms with van der Waals surface area (Å²) in [5.74, 6) is -0.613. The van der Waals surface area contributed by atoms with E-state index >= 15 is 0 Å². The Hall–Kier alpha value is -3.87. The lowest BCUT2D eigenvalue weighted by Gasteiger charge is -2.14. The highest BCUT2D eigenvalue weighted by Crippen LogP contribution is 2.27. The molecule has 0 spiro atoms. The molecule has 0 aliphatic carbocycles. The predicted molar refractivity (Wildman–Crippen MR) is 122 cm³/mol.